The van der Waals surface area contributed by atoms with Crippen LogP contribution in [0.15, 0.2) is 103 Å². The van der Waals surface area contributed by atoms with E-state index in [4.69, 9.17) is 51.5 Å². The zero-order valence-corrected chi connectivity index (χ0v) is 58.9. The molecule has 2 aliphatic rings. The number of pyridine rings is 1. The van der Waals surface area contributed by atoms with Gasteiger partial charge in [-0.3, -0.25) is 38.5 Å². The summed E-state index contributed by atoms with van der Waals surface area (Å²) in [4.78, 5) is 155. The molecular formula is C72H87ClN12O19. The van der Waals surface area contributed by atoms with E-state index in [1.54, 1.807) is 67.3 Å². The number of unbranched alkanes of at least 4 members (excludes halogenated alkanes) is 1. The lowest BCUT2D eigenvalue weighted by molar-refractivity contribution is -0.139. The number of hydrogen-bond donors (Lipinski definition) is 9. The van der Waals surface area contributed by atoms with Gasteiger partial charge in [0.15, 0.2) is 5.78 Å². The molecular weight excluding hydrogens is 1370 g/mol. The number of H-pyrrole nitrogens is 1. The molecule has 0 fully saturated rings. The predicted molar refractivity (Wildman–Crippen MR) is 382 cm³/mol. The van der Waals surface area contributed by atoms with Gasteiger partial charge in [-0.1, -0.05) is 44.2 Å². The van der Waals surface area contributed by atoms with Gasteiger partial charge in [0.1, 0.15) is 42.3 Å². The summed E-state index contributed by atoms with van der Waals surface area (Å²) >= 11 is 6.67. The topological polar surface area (TPSA) is 425 Å². The van der Waals surface area contributed by atoms with Crippen LogP contribution in [0.4, 0.5) is 36.4 Å². The van der Waals surface area contributed by atoms with Gasteiger partial charge in [-0.15, -0.1) is 11.6 Å². The molecule has 8 rings (SSSR count). The highest BCUT2D eigenvalue weighted by atomic mass is 35.5. The van der Waals surface area contributed by atoms with E-state index in [1.165, 1.54) is 59.5 Å². The van der Waals surface area contributed by atoms with Gasteiger partial charge < -0.3 is 91.1 Å². The lowest BCUT2D eigenvalue weighted by Gasteiger charge is -2.26. The maximum Gasteiger partial charge on any atom is 0.415 e. The number of ether oxygens (including phenoxy) is 6. The number of amides is 10. The summed E-state index contributed by atoms with van der Waals surface area (Å²) in [7, 11) is 1.48. The summed E-state index contributed by atoms with van der Waals surface area (Å²) in [5, 5.41) is 31.7. The van der Waals surface area contributed by atoms with Crippen molar-refractivity contribution >= 4 is 116 Å². The predicted octanol–water partition coefficient (Wildman–Crippen LogP) is 7.30. The van der Waals surface area contributed by atoms with Crippen LogP contribution < -0.4 is 42.4 Å². The van der Waals surface area contributed by atoms with Crippen molar-refractivity contribution in [1.29, 1.82) is 0 Å². The number of nitrogens with two attached hydrogens (primary N) is 2. The van der Waals surface area contributed by atoms with Crippen LogP contribution in [0.2, 0.25) is 0 Å². The number of aromatic hydroxyl groups is 1. The van der Waals surface area contributed by atoms with Crippen molar-refractivity contribution in [3.63, 3.8) is 0 Å². The largest absolute Gasteiger partial charge is 0.508 e. The number of hydrogen-bond acceptors (Lipinski definition) is 20. The number of carboxylic acids is 1. The standard InChI is InChI=1S/C72H87ClN12O19/c1-43(2)64(81-70(96)102-34-33-101-32-31-100-30-29-99-28-27-84-60(88)21-22-61(84)89)57(87)36-47(10-8-23-76-69(75)95)66(91)78-50-17-13-45(14-18-50)42-103-71(97)82(4)25-26-83(24-6-5-12-53(74)68(93)94)72(98)104-58-38-56-63(62-44(3)9-7-11-52(58)62)49(39-73)41-85(56)67(92)54-35-48-37-59(77-40-55(48)79-54)80-65(90)46-15-19-51(86)20-16-46/h7,9,11,13-22,35,37-38,40,43,47,49,53,64,79,86H,5-6,8,10,12,23-34,36,39,41-42,74H2,1-4H3,(H,78,91)(H,81,96)(H,93,94)(H3,75,76,95)(H,77,80,90)/t47-,49-,53+,64+/m1/s1. The fourth-order valence-corrected chi connectivity index (χ4v) is 11.9. The molecule has 0 saturated heterocycles. The molecule has 10 amide bonds. The Morgan fingerprint density at radius 3 is 2.16 bits per heavy atom. The Bertz CT molecular complexity index is 4080. The number of aryl methyl sites for hydroxylation is 1. The van der Waals surface area contributed by atoms with Gasteiger partial charge >= 0.3 is 30.3 Å². The molecule has 11 N–H and O–H groups in total. The first-order chi connectivity index (χ1) is 49.9. The molecule has 2 aromatic heterocycles. The van der Waals surface area contributed by atoms with Gasteiger partial charge in [0.25, 0.3) is 23.6 Å². The average molecular weight is 1460 g/mol. The second-order valence-corrected chi connectivity index (χ2v) is 25.5. The van der Waals surface area contributed by atoms with Crippen LogP contribution in [0, 0.1) is 18.8 Å². The molecule has 0 radical (unpaired) electrons. The molecule has 6 aromatic rings. The number of urea groups is 1. The number of benzene rings is 4. The van der Waals surface area contributed by atoms with Crippen LogP contribution in [-0.4, -0.2) is 211 Å². The number of carbonyl (C=O) groups is 11. The van der Waals surface area contributed by atoms with Crippen molar-refractivity contribution in [3.8, 4) is 11.5 Å². The van der Waals surface area contributed by atoms with E-state index in [0.29, 0.717) is 51.6 Å². The number of Topliss-reactive ketones (excluding diaryl/α,β-unsaturated/α-hetero) is 1. The van der Waals surface area contributed by atoms with E-state index < -0.39 is 77.7 Å². The first-order valence-corrected chi connectivity index (χ1v) is 34.4. The number of halogens is 1. The number of anilines is 3. The molecule has 31 nitrogen and oxygen atoms in total. The molecule has 104 heavy (non-hydrogen) atoms. The Morgan fingerprint density at radius 1 is 0.798 bits per heavy atom. The van der Waals surface area contributed by atoms with E-state index in [1.807, 2.05) is 19.1 Å². The minimum absolute atomic E-state index is 0.00633. The number of nitrogens with zero attached hydrogens (tertiary/aromatic N) is 5. The van der Waals surface area contributed by atoms with Crippen molar-refractivity contribution in [2.24, 2.45) is 23.3 Å². The molecule has 2 aliphatic heterocycles. The Hall–Kier alpha value is -10.7. The summed E-state index contributed by atoms with van der Waals surface area (Å²) in [5.74, 6) is -4.92. The van der Waals surface area contributed by atoms with E-state index in [9.17, 15) is 63.0 Å². The third-order valence-electron chi connectivity index (χ3n) is 17.3. The smallest absolute Gasteiger partial charge is 0.415 e. The van der Waals surface area contributed by atoms with Crippen molar-refractivity contribution in [2.75, 3.05) is 114 Å². The molecule has 32 heteroatoms. The van der Waals surface area contributed by atoms with Crippen molar-refractivity contribution in [2.45, 2.75) is 83.9 Å². The number of aliphatic carboxylic acids is 1. The third kappa shape index (κ3) is 22.4. The van der Waals surface area contributed by atoms with E-state index in [-0.39, 0.29) is 164 Å². The number of aromatic amines is 1. The summed E-state index contributed by atoms with van der Waals surface area (Å²) in [6.45, 7) is 6.48. The molecule has 0 saturated carbocycles. The second kappa shape index (κ2) is 38.5. The number of carboxylic acid groups (broad SMARTS) is 1. The lowest BCUT2D eigenvalue weighted by atomic mass is 9.89. The Balaban J connectivity index is 0.844. The third-order valence-corrected chi connectivity index (χ3v) is 17.6. The summed E-state index contributed by atoms with van der Waals surface area (Å²) in [6.07, 6.45) is 2.39. The number of alkyl carbamates (subject to hydrolysis) is 1. The Morgan fingerprint density at radius 2 is 1.49 bits per heavy atom. The van der Waals surface area contributed by atoms with Gasteiger partial charge in [-0.25, -0.2) is 24.2 Å². The van der Waals surface area contributed by atoms with Gasteiger partial charge in [0, 0.05) is 104 Å². The van der Waals surface area contributed by atoms with Gasteiger partial charge in [-0.05, 0) is 116 Å². The number of likely N-dealkylation sites (N-methyl/N-ethyl adjacent to an activating group) is 1. The maximum absolute atomic E-state index is 14.7. The Kier molecular flexibility index (Phi) is 29.2. The van der Waals surface area contributed by atoms with Crippen LogP contribution in [0.3, 0.4) is 0 Å². The zero-order chi connectivity index (χ0) is 75.0. The number of imide groups is 1. The average Bonchev–Trinajstić information content (AvgIpc) is 1.55. The lowest BCUT2D eigenvalue weighted by Crippen LogP contribution is -2.46. The van der Waals surface area contributed by atoms with Gasteiger partial charge in [0.05, 0.1) is 69.6 Å². The Labute approximate surface area is 604 Å². The van der Waals surface area contributed by atoms with E-state index >= 15 is 0 Å². The first-order valence-electron chi connectivity index (χ1n) is 33.9. The molecule has 4 atom stereocenters. The monoisotopic (exact) mass is 1460 g/mol. The van der Waals surface area contributed by atoms with Crippen LogP contribution in [0.25, 0.3) is 21.7 Å². The van der Waals surface area contributed by atoms with Crippen LogP contribution in [-0.2, 0) is 54.3 Å². The van der Waals surface area contributed by atoms with Gasteiger partial charge in [-0.2, -0.15) is 0 Å². The minimum atomic E-state index is -1.17. The molecule has 0 spiro atoms. The number of carbonyl (C=O) groups excluding carboxylic acids is 10. The number of ketones is 1. The zero-order valence-electron chi connectivity index (χ0n) is 58.2. The number of aromatic nitrogens is 2. The molecule has 0 unspecified atom stereocenters. The maximum atomic E-state index is 14.7. The van der Waals surface area contributed by atoms with Crippen molar-refractivity contribution in [3.05, 3.63) is 131 Å². The SMILES string of the molecule is Cc1cccc2c(OC(=O)N(CCCC[C@H](N)C(=O)O)CCN(C)C(=O)OCc3ccc(NC(=O)[C@H](CCCNC(N)=O)CC(=O)[C@@H](NC(=O)OCCOCCOCCOCCN4C(=O)C=CC4=O)C(C)C)cc3)cc3c(c12)[C@H](CCl)CN3C(=O)c1cc2cc(NC(=O)c3ccc(O)cc3)ncc2[nH]1. The number of fused-ring (bicyclic) bond motifs is 4. The summed E-state index contributed by atoms with van der Waals surface area (Å²) < 4.78 is 33.5. The van der Waals surface area contributed by atoms with Crippen molar-refractivity contribution < 1.29 is 91.4 Å². The van der Waals surface area contributed by atoms with Crippen LogP contribution in [0.1, 0.15) is 95.8 Å². The minimum Gasteiger partial charge on any atom is -0.508 e. The fraction of sp³-hybridized carbons (Fsp3) is 0.417. The highest BCUT2D eigenvalue weighted by Gasteiger charge is 2.37. The fourth-order valence-electron chi connectivity index (χ4n) is 11.6. The number of rotatable bonds is 39. The molecule has 0 bridgehead atoms. The van der Waals surface area contributed by atoms with Crippen LogP contribution >= 0.6 is 11.6 Å². The molecule has 0 aliphatic carbocycles. The highest BCUT2D eigenvalue weighted by Crippen LogP contribution is 2.47. The van der Waals surface area contributed by atoms with Gasteiger partial charge in [0.2, 0.25) is 5.91 Å². The normalized spacial score (nSPS) is 14.0. The summed E-state index contributed by atoms with van der Waals surface area (Å²) in [6, 6.07) is 19.6. The molecule has 556 valence electrons. The highest BCUT2D eigenvalue weighted by molar-refractivity contribution is 6.20. The number of phenols is 1. The van der Waals surface area contributed by atoms with E-state index in [2.05, 4.69) is 31.2 Å². The number of nitrogens with one attached hydrogen (secondary N) is 5. The second-order valence-electron chi connectivity index (χ2n) is 25.2. The summed E-state index contributed by atoms with van der Waals surface area (Å²) in [5.41, 5.74) is 15.0. The number of alkyl halides is 1. The number of phenolic OH excluding ortho intramolecular Hbond substituents is 1. The number of primary amides is 1. The molecule has 4 aromatic carbocycles. The quantitative estimate of drug-likeness (QED) is 0.0104. The molecule has 4 heterocycles. The van der Waals surface area contributed by atoms with Crippen molar-refractivity contribution in [1.82, 2.24) is 35.3 Å². The van der Waals surface area contributed by atoms with Crippen LogP contribution in [0.5, 0.6) is 11.5 Å². The first kappa shape index (κ1) is 79.0. The van der Waals surface area contributed by atoms with E-state index in [0.717, 1.165) is 21.4 Å².